The van der Waals surface area contributed by atoms with E-state index in [1.165, 1.54) is 13.4 Å². The maximum Gasteiger partial charge on any atom is 0.335 e. The highest BCUT2D eigenvalue weighted by molar-refractivity contribution is 5.91. The van der Waals surface area contributed by atoms with E-state index >= 15 is 0 Å². The van der Waals surface area contributed by atoms with Gasteiger partial charge in [0.05, 0.1) is 13.4 Å². The second-order valence-electron chi connectivity index (χ2n) is 3.01. The lowest BCUT2D eigenvalue weighted by Gasteiger charge is -1.93. The van der Waals surface area contributed by atoms with Crippen molar-refractivity contribution in [2.75, 3.05) is 7.11 Å². The molecule has 0 saturated carbocycles. The van der Waals surface area contributed by atoms with Crippen LogP contribution >= 0.6 is 0 Å². The van der Waals surface area contributed by atoms with Gasteiger partial charge in [-0.05, 0) is 11.6 Å². The number of hydrogen-bond donors (Lipinski definition) is 0. The first-order chi connectivity index (χ1) is 8.22. The number of carbonyl (C=O) groups excluding carboxylic acids is 2. The Balaban J connectivity index is 2.41. The van der Waals surface area contributed by atoms with Crippen molar-refractivity contribution < 1.29 is 19.1 Å². The molecule has 4 heteroatoms. The van der Waals surface area contributed by atoms with Crippen molar-refractivity contribution in [2.45, 2.75) is 0 Å². The van der Waals surface area contributed by atoms with Crippen molar-refractivity contribution >= 4 is 18.0 Å². The Morgan fingerprint density at radius 3 is 2.35 bits per heavy atom. The molecule has 0 heterocycles. The molecule has 0 N–H and O–H groups in total. The van der Waals surface area contributed by atoms with Crippen molar-refractivity contribution in [3.8, 4) is 0 Å². The lowest BCUT2D eigenvalue weighted by Crippen LogP contribution is -1.98. The summed E-state index contributed by atoms with van der Waals surface area (Å²) in [6.45, 7) is 0. The molecule has 1 rings (SSSR count). The number of benzene rings is 1. The quantitative estimate of drug-likeness (QED) is 0.452. The molecule has 0 aliphatic carbocycles. The molecule has 0 spiro atoms. The van der Waals surface area contributed by atoms with Crippen LogP contribution < -0.4 is 0 Å². The molecular formula is C13H12O4. The maximum atomic E-state index is 11.1. The first-order valence-corrected chi connectivity index (χ1v) is 4.90. The third-order valence-electron chi connectivity index (χ3n) is 1.80. The molecule has 0 saturated heterocycles. The Morgan fingerprint density at radius 2 is 1.71 bits per heavy atom. The number of esters is 2. The third-order valence-corrected chi connectivity index (χ3v) is 1.80. The first-order valence-electron chi connectivity index (χ1n) is 4.90. The van der Waals surface area contributed by atoms with Crippen LogP contribution in [0.5, 0.6) is 0 Å². The molecule has 0 fully saturated rings. The van der Waals surface area contributed by atoms with Crippen molar-refractivity contribution in [1.82, 2.24) is 0 Å². The van der Waals surface area contributed by atoms with E-state index in [0.717, 1.165) is 17.7 Å². The lowest BCUT2D eigenvalue weighted by molar-refractivity contribution is -0.136. The molecule has 0 amide bonds. The second-order valence-corrected chi connectivity index (χ2v) is 3.01. The molecule has 1 aromatic carbocycles. The highest BCUT2D eigenvalue weighted by Gasteiger charge is 1.96. The average Bonchev–Trinajstić information content (AvgIpc) is 2.37. The van der Waals surface area contributed by atoms with Gasteiger partial charge in [0, 0.05) is 12.2 Å². The zero-order valence-electron chi connectivity index (χ0n) is 9.33. The Morgan fingerprint density at radius 1 is 1.06 bits per heavy atom. The predicted octanol–water partition coefficient (Wildman–Crippen LogP) is 1.93. The molecule has 0 aliphatic heterocycles. The molecular weight excluding hydrogens is 220 g/mol. The summed E-state index contributed by atoms with van der Waals surface area (Å²) in [6, 6.07) is 9.38. The van der Waals surface area contributed by atoms with E-state index in [2.05, 4.69) is 4.74 Å². The van der Waals surface area contributed by atoms with Crippen molar-refractivity contribution in [3.63, 3.8) is 0 Å². The summed E-state index contributed by atoms with van der Waals surface area (Å²) in [5.74, 6) is -1.24. The molecule has 4 nitrogen and oxygen atoms in total. The molecule has 0 aromatic heterocycles. The fraction of sp³-hybridized carbons (Fsp3) is 0.0769. The van der Waals surface area contributed by atoms with Crippen LogP contribution in [0, 0.1) is 0 Å². The van der Waals surface area contributed by atoms with Crippen molar-refractivity contribution in [1.29, 1.82) is 0 Å². The molecule has 0 bridgehead atoms. The number of ether oxygens (including phenoxy) is 2. The van der Waals surface area contributed by atoms with E-state index in [-0.39, 0.29) is 0 Å². The molecule has 0 radical (unpaired) electrons. The second kappa shape index (κ2) is 7.00. The minimum absolute atomic E-state index is 0.603. The van der Waals surface area contributed by atoms with E-state index < -0.39 is 11.9 Å². The Bertz CT molecular complexity index is 432. The number of rotatable bonds is 4. The van der Waals surface area contributed by atoms with Crippen LogP contribution in [0.4, 0.5) is 0 Å². The highest BCUT2D eigenvalue weighted by Crippen LogP contribution is 2.01. The van der Waals surface area contributed by atoms with Gasteiger partial charge in [0.25, 0.3) is 0 Å². The SMILES string of the molecule is COC(=O)/C=C\C(=O)OC=Cc1ccccc1. The van der Waals surface area contributed by atoms with Gasteiger partial charge in [-0.3, -0.25) is 0 Å². The van der Waals surface area contributed by atoms with Crippen molar-refractivity contribution in [2.24, 2.45) is 0 Å². The number of methoxy groups -OCH3 is 1. The molecule has 0 unspecified atom stereocenters. The normalized spacial score (nSPS) is 10.6. The summed E-state index contributed by atoms with van der Waals surface area (Å²) in [4.78, 5) is 21.8. The zero-order valence-corrected chi connectivity index (χ0v) is 9.33. The van der Waals surface area contributed by atoms with Gasteiger partial charge < -0.3 is 9.47 Å². The van der Waals surface area contributed by atoms with E-state index in [9.17, 15) is 9.59 Å². The van der Waals surface area contributed by atoms with Gasteiger partial charge in [-0.15, -0.1) is 0 Å². The molecule has 17 heavy (non-hydrogen) atoms. The average molecular weight is 232 g/mol. The smallest absolute Gasteiger partial charge is 0.335 e. The van der Waals surface area contributed by atoms with Gasteiger partial charge in [-0.1, -0.05) is 30.3 Å². The number of carbonyl (C=O) groups is 2. The van der Waals surface area contributed by atoms with Gasteiger partial charge in [-0.25, -0.2) is 9.59 Å². The summed E-state index contributed by atoms with van der Waals surface area (Å²) in [6.07, 6.45) is 4.91. The largest absolute Gasteiger partial charge is 0.466 e. The van der Waals surface area contributed by atoms with Gasteiger partial charge in [0.1, 0.15) is 0 Å². The summed E-state index contributed by atoms with van der Waals surface area (Å²) in [7, 11) is 1.23. The maximum absolute atomic E-state index is 11.1. The van der Waals surface area contributed by atoms with Crippen LogP contribution in [0.1, 0.15) is 5.56 Å². The lowest BCUT2D eigenvalue weighted by atomic mass is 10.2. The molecule has 88 valence electrons. The molecule has 1 aromatic rings. The minimum atomic E-state index is -0.636. The van der Waals surface area contributed by atoms with Crippen LogP contribution in [-0.2, 0) is 19.1 Å². The summed E-state index contributed by atoms with van der Waals surface area (Å²) < 4.78 is 9.05. The standard InChI is InChI=1S/C13H12O4/c1-16-12(14)7-8-13(15)17-10-9-11-5-3-2-4-6-11/h2-10H,1H3/b8-7-,10-9?. The first kappa shape index (κ1) is 12.7. The monoisotopic (exact) mass is 232 g/mol. The summed E-state index contributed by atoms with van der Waals surface area (Å²) >= 11 is 0. The van der Waals surface area contributed by atoms with Crippen LogP contribution in [0.25, 0.3) is 6.08 Å². The van der Waals surface area contributed by atoms with Crippen LogP contribution in [0.3, 0.4) is 0 Å². The molecule has 0 atom stereocenters. The fourth-order valence-corrected chi connectivity index (χ4v) is 0.987. The van der Waals surface area contributed by atoms with Crippen molar-refractivity contribution in [3.05, 3.63) is 54.3 Å². The van der Waals surface area contributed by atoms with E-state index in [0.29, 0.717) is 0 Å². The Kier molecular flexibility index (Phi) is 5.24. The van der Waals surface area contributed by atoms with Gasteiger partial charge in [0.15, 0.2) is 0 Å². The van der Waals surface area contributed by atoms with Gasteiger partial charge in [-0.2, -0.15) is 0 Å². The highest BCUT2D eigenvalue weighted by atomic mass is 16.5. The van der Waals surface area contributed by atoms with E-state index in [1.807, 2.05) is 30.3 Å². The van der Waals surface area contributed by atoms with Crippen LogP contribution in [-0.4, -0.2) is 19.0 Å². The predicted molar refractivity (Wildman–Crippen MR) is 62.7 cm³/mol. The van der Waals surface area contributed by atoms with Crippen LogP contribution in [0.2, 0.25) is 0 Å². The van der Waals surface area contributed by atoms with E-state index in [4.69, 9.17) is 4.74 Å². The molecule has 0 aliphatic rings. The number of hydrogen-bond acceptors (Lipinski definition) is 4. The topological polar surface area (TPSA) is 52.6 Å². The summed E-state index contributed by atoms with van der Waals surface area (Å²) in [5.41, 5.74) is 0.914. The fourth-order valence-electron chi connectivity index (χ4n) is 0.987. The zero-order chi connectivity index (χ0) is 12.5. The van der Waals surface area contributed by atoms with Crippen LogP contribution in [0.15, 0.2) is 48.7 Å². The van der Waals surface area contributed by atoms with Gasteiger partial charge in [0.2, 0.25) is 0 Å². The third kappa shape index (κ3) is 5.32. The Hall–Kier alpha value is -2.36. The summed E-state index contributed by atoms with van der Waals surface area (Å²) in [5, 5.41) is 0. The Labute approximate surface area is 99.2 Å². The van der Waals surface area contributed by atoms with E-state index in [1.54, 1.807) is 6.08 Å². The minimum Gasteiger partial charge on any atom is -0.466 e. The van der Waals surface area contributed by atoms with Gasteiger partial charge >= 0.3 is 11.9 Å².